The van der Waals surface area contributed by atoms with Crippen molar-refractivity contribution in [2.24, 2.45) is 5.92 Å². The van der Waals surface area contributed by atoms with Crippen molar-refractivity contribution in [3.8, 4) is 0 Å². The third kappa shape index (κ3) is 3.29. The van der Waals surface area contributed by atoms with E-state index in [9.17, 15) is 0 Å². The molecule has 0 radical (unpaired) electrons. The molecular formula is C14H24N2S. The quantitative estimate of drug-likeness (QED) is 0.880. The van der Waals surface area contributed by atoms with Crippen molar-refractivity contribution in [2.75, 3.05) is 0 Å². The fourth-order valence-corrected chi connectivity index (χ4v) is 3.74. The SMILES string of the molecule is Cc1nc(C)c(C(C)NC2CCC(C)CC2)s1. The highest BCUT2D eigenvalue weighted by Crippen LogP contribution is 2.28. The largest absolute Gasteiger partial charge is 0.307 e. The average molecular weight is 252 g/mol. The van der Waals surface area contributed by atoms with E-state index in [1.54, 1.807) is 0 Å². The van der Waals surface area contributed by atoms with Crippen LogP contribution in [0.2, 0.25) is 0 Å². The Morgan fingerprint density at radius 2 is 1.88 bits per heavy atom. The molecule has 96 valence electrons. The smallest absolute Gasteiger partial charge is 0.0900 e. The van der Waals surface area contributed by atoms with Crippen LogP contribution in [0.4, 0.5) is 0 Å². The molecule has 0 bridgehead atoms. The minimum Gasteiger partial charge on any atom is -0.307 e. The highest BCUT2D eigenvalue weighted by Gasteiger charge is 2.21. The topological polar surface area (TPSA) is 24.9 Å². The molecule has 0 saturated heterocycles. The Morgan fingerprint density at radius 3 is 2.41 bits per heavy atom. The maximum atomic E-state index is 4.52. The number of aromatic nitrogens is 1. The lowest BCUT2D eigenvalue weighted by Gasteiger charge is -2.29. The van der Waals surface area contributed by atoms with Gasteiger partial charge in [-0.25, -0.2) is 4.98 Å². The van der Waals surface area contributed by atoms with Gasteiger partial charge in [-0.2, -0.15) is 0 Å². The highest BCUT2D eigenvalue weighted by atomic mass is 32.1. The summed E-state index contributed by atoms with van der Waals surface area (Å²) in [7, 11) is 0. The van der Waals surface area contributed by atoms with Crippen LogP contribution in [0.5, 0.6) is 0 Å². The van der Waals surface area contributed by atoms with Crippen LogP contribution in [-0.2, 0) is 0 Å². The van der Waals surface area contributed by atoms with Gasteiger partial charge in [-0.3, -0.25) is 0 Å². The normalized spacial score (nSPS) is 27.1. The minimum atomic E-state index is 0.458. The van der Waals surface area contributed by atoms with E-state index in [4.69, 9.17) is 0 Å². The van der Waals surface area contributed by atoms with Gasteiger partial charge in [0.25, 0.3) is 0 Å². The van der Waals surface area contributed by atoms with Gasteiger partial charge in [-0.05, 0) is 52.4 Å². The Bertz CT molecular complexity index is 364. The van der Waals surface area contributed by atoms with Crippen LogP contribution in [-0.4, -0.2) is 11.0 Å². The van der Waals surface area contributed by atoms with E-state index in [-0.39, 0.29) is 0 Å². The number of hydrogen-bond acceptors (Lipinski definition) is 3. The molecule has 0 spiro atoms. The Labute approximate surface area is 109 Å². The van der Waals surface area contributed by atoms with Crippen molar-refractivity contribution in [1.29, 1.82) is 0 Å². The first kappa shape index (κ1) is 13.0. The van der Waals surface area contributed by atoms with E-state index in [0.29, 0.717) is 12.1 Å². The molecular weight excluding hydrogens is 228 g/mol. The molecule has 1 heterocycles. The Morgan fingerprint density at radius 1 is 1.24 bits per heavy atom. The molecule has 1 saturated carbocycles. The lowest BCUT2D eigenvalue weighted by Crippen LogP contribution is -2.34. The van der Waals surface area contributed by atoms with Gasteiger partial charge in [0.05, 0.1) is 10.7 Å². The van der Waals surface area contributed by atoms with Crippen LogP contribution < -0.4 is 5.32 Å². The fraction of sp³-hybridized carbons (Fsp3) is 0.786. The zero-order valence-electron chi connectivity index (χ0n) is 11.4. The number of aryl methyl sites for hydroxylation is 2. The zero-order valence-corrected chi connectivity index (χ0v) is 12.2. The summed E-state index contributed by atoms with van der Waals surface area (Å²) in [6, 6.07) is 1.17. The van der Waals surface area contributed by atoms with Crippen molar-refractivity contribution in [2.45, 2.75) is 65.5 Å². The summed E-state index contributed by atoms with van der Waals surface area (Å²) in [5.74, 6) is 0.927. The van der Waals surface area contributed by atoms with Gasteiger partial charge in [-0.1, -0.05) is 6.92 Å². The second-order valence-electron chi connectivity index (χ2n) is 5.53. The van der Waals surface area contributed by atoms with E-state index >= 15 is 0 Å². The summed E-state index contributed by atoms with van der Waals surface area (Å²) >= 11 is 1.84. The first-order valence-electron chi connectivity index (χ1n) is 6.76. The number of hydrogen-bond donors (Lipinski definition) is 1. The summed E-state index contributed by atoms with van der Waals surface area (Å²) < 4.78 is 0. The zero-order chi connectivity index (χ0) is 12.4. The molecule has 2 nitrogen and oxygen atoms in total. The van der Waals surface area contributed by atoms with E-state index < -0.39 is 0 Å². The van der Waals surface area contributed by atoms with Gasteiger partial charge in [0.2, 0.25) is 0 Å². The van der Waals surface area contributed by atoms with Gasteiger partial charge in [0.1, 0.15) is 0 Å². The lowest BCUT2D eigenvalue weighted by molar-refractivity contribution is 0.292. The molecule has 17 heavy (non-hydrogen) atoms. The van der Waals surface area contributed by atoms with Crippen LogP contribution in [0.3, 0.4) is 0 Å². The van der Waals surface area contributed by atoms with Gasteiger partial charge in [0.15, 0.2) is 0 Å². The van der Waals surface area contributed by atoms with Crippen LogP contribution in [0, 0.1) is 19.8 Å². The van der Waals surface area contributed by atoms with Gasteiger partial charge in [-0.15, -0.1) is 11.3 Å². The van der Waals surface area contributed by atoms with E-state index in [1.807, 2.05) is 11.3 Å². The van der Waals surface area contributed by atoms with Crippen molar-refractivity contribution in [3.05, 3.63) is 15.6 Å². The van der Waals surface area contributed by atoms with Crippen LogP contribution in [0.15, 0.2) is 0 Å². The predicted octanol–water partition coefficient (Wildman–Crippen LogP) is 3.99. The number of nitrogens with zero attached hydrogens (tertiary/aromatic N) is 1. The molecule has 0 aliphatic heterocycles. The Kier molecular flexibility index (Phi) is 4.21. The standard InChI is InChI=1S/C14H24N2S/c1-9-5-7-13(8-6-9)16-11(3)14-10(2)15-12(4)17-14/h9,11,13,16H,5-8H2,1-4H3. The molecule has 3 heteroatoms. The van der Waals surface area contributed by atoms with Crippen molar-refractivity contribution < 1.29 is 0 Å². The number of nitrogens with one attached hydrogen (secondary N) is 1. The fourth-order valence-electron chi connectivity index (χ4n) is 2.80. The molecule has 1 aromatic heterocycles. The van der Waals surface area contributed by atoms with E-state index in [0.717, 1.165) is 5.92 Å². The molecule has 1 atom stereocenters. The third-order valence-corrected chi connectivity index (χ3v) is 5.09. The van der Waals surface area contributed by atoms with E-state index in [1.165, 1.54) is 41.3 Å². The molecule has 1 aromatic rings. The molecule has 1 N–H and O–H groups in total. The minimum absolute atomic E-state index is 0.458. The maximum absolute atomic E-state index is 4.52. The van der Waals surface area contributed by atoms with Crippen molar-refractivity contribution in [3.63, 3.8) is 0 Å². The summed E-state index contributed by atoms with van der Waals surface area (Å²) in [6.07, 6.45) is 5.43. The van der Waals surface area contributed by atoms with Gasteiger partial charge in [0, 0.05) is 17.0 Å². The molecule has 0 amide bonds. The summed E-state index contributed by atoms with van der Waals surface area (Å²) in [6.45, 7) is 8.87. The summed E-state index contributed by atoms with van der Waals surface area (Å²) in [5, 5.41) is 4.96. The summed E-state index contributed by atoms with van der Waals surface area (Å²) in [5.41, 5.74) is 1.21. The third-order valence-electron chi connectivity index (χ3n) is 3.83. The maximum Gasteiger partial charge on any atom is 0.0900 e. The van der Waals surface area contributed by atoms with Crippen molar-refractivity contribution in [1.82, 2.24) is 10.3 Å². The number of rotatable bonds is 3. The highest BCUT2D eigenvalue weighted by molar-refractivity contribution is 7.11. The second-order valence-corrected chi connectivity index (χ2v) is 6.76. The average Bonchev–Trinajstić information content (AvgIpc) is 2.61. The van der Waals surface area contributed by atoms with Crippen LogP contribution >= 0.6 is 11.3 Å². The second kappa shape index (κ2) is 5.49. The molecule has 1 aliphatic rings. The molecule has 1 fully saturated rings. The molecule has 2 rings (SSSR count). The van der Waals surface area contributed by atoms with Crippen LogP contribution in [0.1, 0.15) is 61.2 Å². The number of thiazole rings is 1. The first-order valence-corrected chi connectivity index (χ1v) is 7.58. The van der Waals surface area contributed by atoms with Crippen molar-refractivity contribution >= 4 is 11.3 Å². The van der Waals surface area contributed by atoms with Gasteiger partial charge >= 0.3 is 0 Å². The molecule has 1 unspecified atom stereocenters. The molecule has 0 aromatic carbocycles. The Balaban J connectivity index is 1.93. The molecule has 1 aliphatic carbocycles. The lowest BCUT2D eigenvalue weighted by atomic mass is 9.87. The first-order chi connectivity index (χ1) is 8.06. The van der Waals surface area contributed by atoms with E-state index in [2.05, 4.69) is 38.0 Å². The predicted molar refractivity (Wildman–Crippen MR) is 74.6 cm³/mol. The summed E-state index contributed by atoms with van der Waals surface area (Å²) in [4.78, 5) is 5.93. The van der Waals surface area contributed by atoms with Crippen LogP contribution in [0.25, 0.3) is 0 Å². The monoisotopic (exact) mass is 252 g/mol. The Hall–Kier alpha value is -0.410. The van der Waals surface area contributed by atoms with Gasteiger partial charge < -0.3 is 5.32 Å².